The van der Waals surface area contributed by atoms with Crippen LogP contribution >= 0.6 is 27.3 Å². The minimum Gasteiger partial charge on any atom is -0.327 e. The van der Waals surface area contributed by atoms with Gasteiger partial charge in [0.2, 0.25) is 0 Å². The highest BCUT2D eigenvalue weighted by Gasteiger charge is 2.56. The normalized spacial score (nSPS) is 32.0. The fraction of sp³-hybridized carbons (Fsp3) is 0.556. The van der Waals surface area contributed by atoms with Gasteiger partial charge in [-0.2, -0.15) is 0 Å². The number of halogens is 1. The summed E-state index contributed by atoms with van der Waals surface area (Å²) in [7, 11) is 0. The Morgan fingerprint density at radius 1 is 1.58 bits per heavy atom. The SMILES string of the molecule is CC1(C)[C@H](N)[C@H]1c1cc(Br)cs1. The van der Waals surface area contributed by atoms with Crippen molar-refractivity contribution in [2.75, 3.05) is 0 Å². The lowest BCUT2D eigenvalue weighted by Gasteiger charge is -1.97. The highest BCUT2D eigenvalue weighted by Crippen LogP contribution is 2.58. The molecule has 0 spiro atoms. The van der Waals surface area contributed by atoms with Crippen LogP contribution in [-0.4, -0.2) is 6.04 Å². The molecule has 0 aromatic carbocycles. The summed E-state index contributed by atoms with van der Waals surface area (Å²) in [6.45, 7) is 4.46. The van der Waals surface area contributed by atoms with E-state index in [0.29, 0.717) is 17.4 Å². The second-order valence-corrected chi connectivity index (χ2v) is 5.85. The molecule has 1 aromatic heterocycles. The zero-order chi connectivity index (χ0) is 8.93. The molecule has 1 aliphatic rings. The molecule has 2 N–H and O–H groups in total. The molecule has 0 amide bonds. The predicted octanol–water partition coefficient (Wildman–Crippen LogP) is 2.96. The van der Waals surface area contributed by atoms with Crippen LogP contribution in [0.2, 0.25) is 0 Å². The molecule has 0 radical (unpaired) electrons. The van der Waals surface area contributed by atoms with E-state index < -0.39 is 0 Å². The lowest BCUT2D eigenvalue weighted by Crippen LogP contribution is -2.06. The number of rotatable bonds is 1. The highest BCUT2D eigenvalue weighted by molar-refractivity contribution is 9.10. The van der Waals surface area contributed by atoms with Gasteiger partial charge in [-0.05, 0) is 27.4 Å². The Hall–Kier alpha value is 0.140. The Morgan fingerprint density at radius 3 is 2.50 bits per heavy atom. The van der Waals surface area contributed by atoms with Gasteiger partial charge in [-0.15, -0.1) is 11.3 Å². The maximum Gasteiger partial charge on any atom is 0.0285 e. The molecule has 0 unspecified atom stereocenters. The fourth-order valence-corrected chi connectivity index (χ4v) is 3.50. The summed E-state index contributed by atoms with van der Waals surface area (Å²) in [5.41, 5.74) is 6.29. The maximum atomic E-state index is 5.98. The number of hydrogen-bond acceptors (Lipinski definition) is 2. The van der Waals surface area contributed by atoms with Gasteiger partial charge >= 0.3 is 0 Å². The maximum absolute atomic E-state index is 5.98. The van der Waals surface area contributed by atoms with Crippen molar-refractivity contribution in [3.8, 4) is 0 Å². The van der Waals surface area contributed by atoms with E-state index in [-0.39, 0.29) is 0 Å². The molecule has 12 heavy (non-hydrogen) atoms. The summed E-state index contributed by atoms with van der Waals surface area (Å²) >= 11 is 5.25. The van der Waals surface area contributed by atoms with Crippen LogP contribution in [0.15, 0.2) is 15.9 Å². The molecular formula is C9H12BrNS. The van der Waals surface area contributed by atoms with Gasteiger partial charge in [-0.25, -0.2) is 0 Å². The molecule has 1 nitrogen and oxygen atoms in total. The third kappa shape index (κ3) is 1.15. The summed E-state index contributed by atoms with van der Waals surface area (Å²) < 4.78 is 1.18. The van der Waals surface area contributed by atoms with Crippen LogP contribution in [0.5, 0.6) is 0 Å². The van der Waals surface area contributed by atoms with Gasteiger partial charge in [0.05, 0.1) is 0 Å². The van der Waals surface area contributed by atoms with Gasteiger partial charge in [-0.3, -0.25) is 0 Å². The number of hydrogen-bond donors (Lipinski definition) is 1. The van der Waals surface area contributed by atoms with Gasteiger partial charge in [-0.1, -0.05) is 13.8 Å². The fourth-order valence-electron chi connectivity index (χ4n) is 1.71. The van der Waals surface area contributed by atoms with E-state index in [9.17, 15) is 0 Å². The molecule has 66 valence electrons. The molecule has 3 heteroatoms. The smallest absolute Gasteiger partial charge is 0.0285 e. The molecule has 0 saturated heterocycles. The van der Waals surface area contributed by atoms with E-state index >= 15 is 0 Å². The summed E-state index contributed by atoms with van der Waals surface area (Å²) in [4.78, 5) is 1.42. The standard InChI is InChI=1S/C9H12BrNS/c1-9(2)7(8(9)11)6-3-5(10)4-12-6/h3-4,7-8H,11H2,1-2H3/t7-,8-/m1/s1. The van der Waals surface area contributed by atoms with Crippen LogP contribution in [0.25, 0.3) is 0 Å². The highest BCUT2D eigenvalue weighted by atomic mass is 79.9. The van der Waals surface area contributed by atoms with Crippen molar-refractivity contribution < 1.29 is 0 Å². The van der Waals surface area contributed by atoms with Crippen LogP contribution in [0, 0.1) is 5.41 Å². The van der Waals surface area contributed by atoms with Crippen LogP contribution in [0.4, 0.5) is 0 Å². The van der Waals surface area contributed by atoms with Crippen LogP contribution < -0.4 is 5.73 Å². The van der Waals surface area contributed by atoms with Crippen molar-refractivity contribution in [3.63, 3.8) is 0 Å². The van der Waals surface area contributed by atoms with Crippen molar-refractivity contribution in [1.29, 1.82) is 0 Å². The first kappa shape index (κ1) is 8.73. The van der Waals surface area contributed by atoms with E-state index in [1.165, 1.54) is 9.35 Å². The summed E-state index contributed by atoms with van der Waals surface area (Å²) in [6.07, 6.45) is 0. The average molecular weight is 246 g/mol. The zero-order valence-corrected chi connectivity index (χ0v) is 9.58. The van der Waals surface area contributed by atoms with Crippen molar-refractivity contribution in [2.45, 2.75) is 25.8 Å². The van der Waals surface area contributed by atoms with Crippen molar-refractivity contribution in [1.82, 2.24) is 0 Å². The van der Waals surface area contributed by atoms with Crippen molar-refractivity contribution in [2.24, 2.45) is 11.1 Å². The minimum absolute atomic E-state index is 0.310. The second kappa shape index (κ2) is 2.56. The Bertz CT molecular complexity index is 305. The van der Waals surface area contributed by atoms with E-state index in [1.807, 2.05) is 0 Å². The molecule has 2 rings (SSSR count). The first-order chi connectivity index (χ1) is 5.53. The molecule has 1 saturated carbocycles. The lowest BCUT2D eigenvalue weighted by atomic mass is 10.1. The summed E-state index contributed by atoms with van der Waals surface area (Å²) in [6, 6.07) is 2.53. The molecule has 1 fully saturated rings. The Morgan fingerprint density at radius 2 is 2.17 bits per heavy atom. The van der Waals surface area contributed by atoms with Gasteiger partial charge in [0, 0.05) is 26.7 Å². The second-order valence-electron chi connectivity index (χ2n) is 3.99. The molecule has 2 atom stereocenters. The van der Waals surface area contributed by atoms with Gasteiger partial charge in [0.25, 0.3) is 0 Å². The van der Waals surface area contributed by atoms with Crippen LogP contribution in [-0.2, 0) is 0 Å². The minimum atomic E-state index is 0.310. The van der Waals surface area contributed by atoms with Crippen molar-refractivity contribution >= 4 is 27.3 Å². The lowest BCUT2D eigenvalue weighted by molar-refractivity contribution is 0.601. The molecule has 0 aliphatic heterocycles. The molecule has 1 heterocycles. The zero-order valence-electron chi connectivity index (χ0n) is 7.17. The van der Waals surface area contributed by atoms with E-state index in [1.54, 1.807) is 11.3 Å². The quantitative estimate of drug-likeness (QED) is 0.810. The van der Waals surface area contributed by atoms with E-state index in [0.717, 1.165) is 0 Å². The summed E-state index contributed by atoms with van der Waals surface area (Å²) in [5.74, 6) is 0.578. The topological polar surface area (TPSA) is 26.0 Å². The molecule has 1 aromatic rings. The predicted molar refractivity (Wildman–Crippen MR) is 56.5 cm³/mol. The first-order valence-corrected chi connectivity index (χ1v) is 5.70. The third-order valence-electron chi connectivity index (χ3n) is 2.80. The number of nitrogens with two attached hydrogens (primary N) is 1. The Labute approximate surface area is 85.1 Å². The van der Waals surface area contributed by atoms with Gasteiger partial charge in [0.15, 0.2) is 0 Å². The van der Waals surface area contributed by atoms with Gasteiger partial charge in [0.1, 0.15) is 0 Å². The first-order valence-electron chi connectivity index (χ1n) is 4.03. The molecule has 0 bridgehead atoms. The van der Waals surface area contributed by atoms with E-state index in [4.69, 9.17) is 5.73 Å². The largest absolute Gasteiger partial charge is 0.327 e. The Balaban J connectivity index is 2.24. The van der Waals surface area contributed by atoms with Gasteiger partial charge < -0.3 is 5.73 Å². The molecular weight excluding hydrogens is 234 g/mol. The Kier molecular flexibility index (Phi) is 1.86. The summed E-state index contributed by atoms with van der Waals surface area (Å²) in [5, 5.41) is 2.12. The van der Waals surface area contributed by atoms with Crippen LogP contribution in [0.1, 0.15) is 24.6 Å². The number of thiophene rings is 1. The van der Waals surface area contributed by atoms with Crippen molar-refractivity contribution in [3.05, 3.63) is 20.8 Å². The average Bonchev–Trinajstić information content (AvgIpc) is 2.38. The van der Waals surface area contributed by atoms with Crippen LogP contribution in [0.3, 0.4) is 0 Å². The molecule has 1 aliphatic carbocycles. The monoisotopic (exact) mass is 245 g/mol. The third-order valence-corrected chi connectivity index (χ3v) is 4.58. The van der Waals surface area contributed by atoms with E-state index in [2.05, 4.69) is 41.2 Å².